The summed E-state index contributed by atoms with van der Waals surface area (Å²) in [6.45, 7) is 2.79. The molecule has 0 saturated carbocycles. The predicted octanol–water partition coefficient (Wildman–Crippen LogP) is 1.87. The molecule has 2 aromatic rings. The van der Waals surface area contributed by atoms with Gasteiger partial charge in [0.05, 0.1) is 49.4 Å². The highest BCUT2D eigenvalue weighted by atomic mass is 32.1. The zero-order chi connectivity index (χ0) is 19.5. The average molecular weight is 406 g/mol. The zero-order valence-corrected chi connectivity index (χ0v) is 15.8. The van der Waals surface area contributed by atoms with Gasteiger partial charge in [0.15, 0.2) is 0 Å². The third-order valence-electron chi connectivity index (χ3n) is 4.62. The second-order valence-electron chi connectivity index (χ2n) is 6.43. The maximum atomic E-state index is 14.6. The number of hydrogen-bond acceptors (Lipinski definition) is 7. The van der Waals surface area contributed by atoms with Crippen molar-refractivity contribution in [2.24, 2.45) is 0 Å². The molecule has 2 aliphatic heterocycles. The fourth-order valence-electron chi connectivity index (χ4n) is 3.18. The summed E-state index contributed by atoms with van der Waals surface area (Å²) < 4.78 is 25.2. The smallest absolute Gasteiger partial charge is 0.414 e. The van der Waals surface area contributed by atoms with Gasteiger partial charge in [0.2, 0.25) is 0 Å². The first-order valence-electron chi connectivity index (χ1n) is 8.89. The highest BCUT2D eigenvalue weighted by molar-refractivity contribution is 7.11. The van der Waals surface area contributed by atoms with Gasteiger partial charge in [-0.25, -0.2) is 9.18 Å². The molecular weight excluding hydrogens is 387 g/mol. The molecule has 0 unspecified atom stereocenters. The summed E-state index contributed by atoms with van der Waals surface area (Å²) >= 11 is 1.23. The fraction of sp³-hybridized carbons (Fsp3) is 0.389. The standard InChI is InChI=1S/C18H19FN4O4S/c19-14-7-12(1-2-15(14)22-3-5-26-6-4-22)23-10-13(27-18(23)25)8-21-17(24)16-9-20-11-28-16/h1-2,7,9,11,13H,3-6,8,10H2,(H,21,24)/t13-/m0/s1. The Labute approximate surface area is 164 Å². The summed E-state index contributed by atoms with van der Waals surface area (Å²) in [6, 6.07) is 4.71. The maximum Gasteiger partial charge on any atom is 0.414 e. The molecule has 1 N–H and O–H groups in total. The number of nitrogens with one attached hydrogen (secondary N) is 1. The van der Waals surface area contributed by atoms with E-state index in [9.17, 15) is 14.0 Å². The van der Waals surface area contributed by atoms with E-state index in [1.807, 2.05) is 4.90 Å². The Bertz CT molecular complexity index is 857. The third-order valence-corrected chi connectivity index (χ3v) is 5.39. The Balaban J connectivity index is 1.38. The molecule has 8 nitrogen and oxygen atoms in total. The van der Waals surface area contributed by atoms with Crippen LogP contribution in [0.5, 0.6) is 0 Å². The van der Waals surface area contributed by atoms with Gasteiger partial charge in [0, 0.05) is 13.1 Å². The van der Waals surface area contributed by atoms with Crippen molar-refractivity contribution in [2.45, 2.75) is 6.10 Å². The van der Waals surface area contributed by atoms with Crippen LogP contribution in [-0.2, 0) is 9.47 Å². The first kappa shape index (κ1) is 18.6. The van der Waals surface area contributed by atoms with Crippen LogP contribution in [0.3, 0.4) is 0 Å². The first-order valence-corrected chi connectivity index (χ1v) is 9.77. The number of hydrogen-bond donors (Lipinski definition) is 1. The molecule has 4 rings (SSSR count). The number of carbonyl (C=O) groups excluding carboxylic acids is 2. The second kappa shape index (κ2) is 8.11. The van der Waals surface area contributed by atoms with Crippen LogP contribution in [0.25, 0.3) is 0 Å². The van der Waals surface area contributed by atoms with Gasteiger partial charge in [-0.1, -0.05) is 0 Å². The quantitative estimate of drug-likeness (QED) is 0.816. The second-order valence-corrected chi connectivity index (χ2v) is 7.31. The lowest BCUT2D eigenvalue weighted by molar-refractivity contribution is 0.0920. The van der Waals surface area contributed by atoms with E-state index in [4.69, 9.17) is 9.47 Å². The van der Waals surface area contributed by atoms with Gasteiger partial charge in [0.1, 0.15) is 16.8 Å². The number of cyclic esters (lactones) is 1. The number of anilines is 2. The number of aromatic nitrogens is 1. The lowest BCUT2D eigenvalue weighted by Crippen LogP contribution is -2.37. The minimum Gasteiger partial charge on any atom is -0.442 e. The summed E-state index contributed by atoms with van der Waals surface area (Å²) in [4.78, 5) is 31.8. The van der Waals surface area contributed by atoms with Gasteiger partial charge in [-0.3, -0.25) is 14.7 Å². The van der Waals surface area contributed by atoms with Crippen LogP contribution in [0, 0.1) is 5.82 Å². The Hall–Kier alpha value is -2.72. The Morgan fingerprint density at radius 1 is 1.36 bits per heavy atom. The van der Waals surface area contributed by atoms with Gasteiger partial charge in [-0.2, -0.15) is 0 Å². The summed E-state index contributed by atoms with van der Waals surface area (Å²) in [5, 5.41) is 2.72. The number of carbonyl (C=O) groups is 2. The van der Waals surface area contributed by atoms with Crippen molar-refractivity contribution in [3.8, 4) is 0 Å². The predicted molar refractivity (Wildman–Crippen MR) is 101 cm³/mol. The van der Waals surface area contributed by atoms with Crippen molar-refractivity contribution in [2.75, 3.05) is 49.2 Å². The molecule has 0 aliphatic carbocycles. The van der Waals surface area contributed by atoms with Crippen molar-refractivity contribution in [1.82, 2.24) is 10.3 Å². The molecule has 1 aromatic heterocycles. The number of benzene rings is 1. The number of morpholine rings is 1. The normalized spacial score (nSPS) is 19.6. The van der Waals surface area contributed by atoms with Crippen molar-refractivity contribution in [3.05, 3.63) is 40.6 Å². The number of halogens is 1. The largest absolute Gasteiger partial charge is 0.442 e. The number of nitrogens with zero attached hydrogens (tertiary/aromatic N) is 3. The molecule has 10 heteroatoms. The third kappa shape index (κ3) is 3.92. The highest BCUT2D eigenvalue weighted by Crippen LogP contribution is 2.28. The number of rotatable bonds is 5. The van der Waals surface area contributed by atoms with Crippen molar-refractivity contribution in [1.29, 1.82) is 0 Å². The minimum atomic E-state index is -0.560. The lowest BCUT2D eigenvalue weighted by atomic mass is 10.2. The summed E-state index contributed by atoms with van der Waals surface area (Å²) in [5.41, 5.74) is 2.49. The van der Waals surface area contributed by atoms with Crippen molar-refractivity contribution in [3.63, 3.8) is 0 Å². The molecule has 0 radical (unpaired) electrons. The first-order chi connectivity index (χ1) is 13.6. The van der Waals surface area contributed by atoms with E-state index in [-0.39, 0.29) is 19.0 Å². The maximum absolute atomic E-state index is 14.6. The highest BCUT2D eigenvalue weighted by Gasteiger charge is 2.33. The molecule has 2 saturated heterocycles. The number of amides is 2. The number of ether oxygens (including phenoxy) is 2. The van der Waals surface area contributed by atoms with E-state index < -0.39 is 18.0 Å². The Morgan fingerprint density at radius 3 is 2.89 bits per heavy atom. The molecule has 1 aromatic carbocycles. The van der Waals surface area contributed by atoms with Gasteiger partial charge >= 0.3 is 6.09 Å². The van der Waals surface area contributed by atoms with Gasteiger partial charge in [-0.15, -0.1) is 11.3 Å². The molecule has 1 atom stereocenters. The van der Waals surface area contributed by atoms with E-state index in [1.165, 1.54) is 28.5 Å². The molecule has 2 fully saturated rings. The fourth-order valence-corrected chi connectivity index (χ4v) is 3.72. The van der Waals surface area contributed by atoms with Gasteiger partial charge in [-0.05, 0) is 18.2 Å². The Morgan fingerprint density at radius 2 is 2.18 bits per heavy atom. The molecule has 2 amide bonds. The average Bonchev–Trinajstić information content (AvgIpc) is 3.37. The zero-order valence-electron chi connectivity index (χ0n) is 15.0. The van der Waals surface area contributed by atoms with Crippen LogP contribution in [-0.4, -0.2) is 62.5 Å². The van der Waals surface area contributed by atoms with Crippen LogP contribution in [0.15, 0.2) is 29.9 Å². The summed E-state index contributed by atoms with van der Waals surface area (Å²) in [6.07, 6.45) is 0.410. The van der Waals surface area contributed by atoms with Crippen LogP contribution >= 0.6 is 11.3 Å². The summed E-state index contributed by atoms with van der Waals surface area (Å²) in [7, 11) is 0. The topological polar surface area (TPSA) is 84.0 Å². The van der Waals surface area contributed by atoms with E-state index in [0.29, 0.717) is 42.6 Å². The van der Waals surface area contributed by atoms with E-state index in [2.05, 4.69) is 10.3 Å². The van der Waals surface area contributed by atoms with Gasteiger partial charge < -0.3 is 19.7 Å². The molecule has 28 heavy (non-hydrogen) atoms. The molecule has 0 spiro atoms. The van der Waals surface area contributed by atoms with E-state index in [0.717, 1.165) is 0 Å². The molecule has 148 valence electrons. The monoisotopic (exact) mass is 406 g/mol. The molecular formula is C18H19FN4O4S. The van der Waals surface area contributed by atoms with Crippen molar-refractivity contribution >= 4 is 34.7 Å². The SMILES string of the molecule is O=C(NC[C@H]1CN(c2ccc(N3CCOCC3)c(F)c2)C(=O)O1)c1cncs1. The molecule has 0 bridgehead atoms. The number of thiazole rings is 1. The van der Waals surface area contributed by atoms with Crippen LogP contribution in [0.4, 0.5) is 20.6 Å². The lowest BCUT2D eigenvalue weighted by Gasteiger charge is -2.29. The molecule has 2 aliphatic rings. The van der Waals surface area contributed by atoms with Crippen LogP contribution in [0.2, 0.25) is 0 Å². The summed E-state index contributed by atoms with van der Waals surface area (Å²) in [5.74, 6) is -0.660. The van der Waals surface area contributed by atoms with Crippen LogP contribution < -0.4 is 15.1 Å². The van der Waals surface area contributed by atoms with Gasteiger partial charge in [0.25, 0.3) is 5.91 Å². The minimum absolute atomic E-state index is 0.174. The van der Waals surface area contributed by atoms with E-state index >= 15 is 0 Å². The molecule has 3 heterocycles. The van der Waals surface area contributed by atoms with Crippen molar-refractivity contribution < 1.29 is 23.5 Å². The van der Waals surface area contributed by atoms with Crippen LogP contribution in [0.1, 0.15) is 9.67 Å². The van der Waals surface area contributed by atoms with E-state index in [1.54, 1.807) is 17.6 Å². The Kier molecular flexibility index (Phi) is 5.40.